The number of rotatable bonds is 1. The van der Waals surface area contributed by atoms with Crippen molar-refractivity contribution < 1.29 is 9.90 Å². The summed E-state index contributed by atoms with van der Waals surface area (Å²) in [4.78, 5) is 13.8. The summed E-state index contributed by atoms with van der Waals surface area (Å²) in [7, 11) is 0. The number of hydrogen-bond donors (Lipinski definition) is 2. The van der Waals surface area contributed by atoms with E-state index in [1.807, 2.05) is 0 Å². The highest BCUT2D eigenvalue weighted by molar-refractivity contribution is 9.10. The van der Waals surface area contributed by atoms with E-state index in [4.69, 9.17) is 5.73 Å². The van der Waals surface area contributed by atoms with Gasteiger partial charge in [-0.3, -0.25) is 4.79 Å². The summed E-state index contributed by atoms with van der Waals surface area (Å²) in [6.07, 6.45) is 0.616. The number of halogens is 1. The Balaban J connectivity index is 2.18. The van der Waals surface area contributed by atoms with Gasteiger partial charge >= 0.3 is 0 Å². The van der Waals surface area contributed by atoms with Crippen molar-refractivity contribution in [2.24, 2.45) is 0 Å². The number of nitrogens with zero attached hydrogens (tertiary/aromatic N) is 1. The van der Waals surface area contributed by atoms with Crippen LogP contribution in [0.2, 0.25) is 0 Å². The zero-order chi connectivity index (χ0) is 12.6. The normalized spacial score (nSPS) is 24.1. The highest BCUT2D eigenvalue weighted by Gasteiger charge is 2.34. The molecule has 1 heterocycles. The van der Waals surface area contributed by atoms with Crippen LogP contribution in [0.1, 0.15) is 23.7 Å². The average molecular weight is 299 g/mol. The molecule has 17 heavy (non-hydrogen) atoms. The maximum absolute atomic E-state index is 12.1. The van der Waals surface area contributed by atoms with Gasteiger partial charge in [-0.25, -0.2) is 0 Å². The fourth-order valence-corrected chi connectivity index (χ4v) is 2.22. The van der Waals surface area contributed by atoms with Gasteiger partial charge in [0.05, 0.1) is 5.60 Å². The molecule has 1 aromatic rings. The van der Waals surface area contributed by atoms with E-state index in [9.17, 15) is 9.90 Å². The second kappa shape index (κ2) is 4.31. The van der Waals surface area contributed by atoms with Crippen molar-refractivity contribution in [2.75, 3.05) is 18.8 Å². The maximum atomic E-state index is 12.1. The number of amides is 1. The minimum absolute atomic E-state index is 0.0815. The third-order valence-electron chi connectivity index (χ3n) is 2.98. The zero-order valence-electron chi connectivity index (χ0n) is 9.61. The number of benzene rings is 1. The van der Waals surface area contributed by atoms with Gasteiger partial charge in [-0.05, 0) is 47.5 Å². The van der Waals surface area contributed by atoms with E-state index >= 15 is 0 Å². The first-order valence-electron chi connectivity index (χ1n) is 5.46. The number of carbonyl (C=O) groups excluding carboxylic acids is 1. The third-order valence-corrected chi connectivity index (χ3v) is 3.70. The summed E-state index contributed by atoms with van der Waals surface area (Å²) in [5, 5.41) is 9.83. The van der Waals surface area contributed by atoms with Gasteiger partial charge in [-0.15, -0.1) is 0 Å². The largest absolute Gasteiger partial charge is 0.398 e. The number of carbonyl (C=O) groups is 1. The summed E-state index contributed by atoms with van der Waals surface area (Å²) < 4.78 is 0.780. The second-order valence-corrected chi connectivity index (χ2v) is 5.56. The van der Waals surface area contributed by atoms with Gasteiger partial charge in [0.25, 0.3) is 5.91 Å². The molecule has 0 spiro atoms. The van der Waals surface area contributed by atoms with Gasteiger partial charge in [0.15, 0.2) is 0 Å². The van der Waals surface area contributed by atoms with Gasteiger partial charge < -0.3 is 15.7 Å². The van der Waals surface area contributed by atoms with Crippen LogP contribution in [0.4, 0.5) is 5.69 Å². The Kier molecular flexibility index (Phi) is 3.14. The first kappa shape index (κ1) is 12.4. The molecule has 0 radical (unpaired) electrons. The maximum Gasteiger partial charge on any atom is 0.254 e. The smallest absolute Gasteiger partial charge is 0.254 e. The van der Waals surface area contributed by atoms with E-state index < -0.39 is 5.60 Å². The number of hydrogen-bond acceptors (Lipinski definition) is 3. The van der Waals surface area contributed by atoms with E-state index in [-0.39, 0.29) is 5.91 Å². The van der Waals surface area contributed by atoms with Crippen LogP contribution >= 0.6 is 15.9 Å². The van der Waals surface area contributed by atoms with E-state index in [0.29, 0.717) is 30.8 Å². The molecule has 0 aliphatic carbocycles. The molecular weight excluding hydrogens is 284 g/mol. The highest BCUT2D eigenvalue weighted by atomic mass is 79.9. The Hall–Kier alpha value is -1.07. The molecule has 1 saturated heterocycles. The molecule has 1 amide bonds. The predicted octanol–water partition coefficient (Wildman–Crippen LogP) is 1.63. The molecule has 1 aliphatic heterocycles. The molecule has 3 N–H and O–H groups in total. The quantitative estimate of drug-likeness (QED) is 0.775. The molecule has 1 atom stereocenters. The molecule has 1 fully saturated rings. The lowest BCUT2D eigenvalue weighted by atomic mass is 10.1. The number of β-amino-alcohol motifs (C(OH)–C–C–N with tert-alkyl or cyclic N) is 1. The highest BCUT2D eigenvalue weighted by Crippen LogP contribution is 2.25. The number of aliphatic hydroxyl groups is 1. The van der Waals surface area contributed by atoms with E-state index in [0.717, 1.165) is 4.47 Å². The SMILES string of the molecule is CC1(O)CCN(C(=O)c2ccc(Br)c(N)c2)C1. The van der Waals surface area contributed by atoms with E-state index in [1.165, 1.54) is 0 Å². The van der Waals surface area contributed by atoms with Gasteiger partial charge in [0.1, 0.15) is 0 Å². The van der Waals surface area contributed by atoms with Crippen LogP contribution in [-0.4, -0.2) is 34.6 Å². The van der Waals surface area contributed by atoms with Crippen molar-refractivity contribution in [1.29, 1.82) is 0 Å². The van der Waals surface area contributed by atoms with Crippen molar-refractivity contribution in [2.45, 2.75) is 18.9 Å². The van der Waals surface area contributed by atoms with Gasteiger partial charge in [-0.2, -0.15) is 0 Å². The fourth-order valence-electron chi connectivity index (χ4n) is 1.98. The lowest BCUT2D eigenvalue weighted by Gasteiger charge is -2.19. The van der Waals surface area contributed by atoms with Gasteiger partial charge in [-0.1, -0.05) is 0 Å². The Bertz CT molecular complexity index is 460. The third kappa shape index (κ3) is 2.61. The first-order chi connectivity index (χ1) is 7.89. The molecule has 2 rings (SSSR count). The molecule has 0 saturated carbocycles. The lowest BCUT2D eigenvalue weighted by Crippen LogP contribution is -2.33. The average Bonchev–Trinajstić information content (AvgIpc) is 2.62. The number of anilines is 1. The van der Waals surface area contributed by atoms with Crippen molar-refractivity contribution in [1.82, 2.24) is 4.90 Å². The fraction of sp³-hybridized carbons (Fsp3) is 0.417. The molecule has 1 aliphatic rings. The van der Waals surface area contributed by atoms with Crippen LogP contribution in [-0.2, 0) is 0 Å². The van der Waals surface area contributed by atoms with Crippen LogP contribution in [0.5, 0.6) is 0 Å². The molecule has 0 aromatic heterocycles. The Labute approximate surface area is 109 Å². The summed E-state index contributed by atoms with van der Waals surface area (Å²) in [5.74, 6) is -0.0815. The number of nitrogens with two attached hydrogens (primary N) is 1. The van der Waals surface area contributed by atoms with E-state index in [1.54, 1.807) is 30.0 Å². The molecule has 0 bridgehead atoms. The standard InChI is InChI=1S/C12H15BrN2O2/c1-12(17)4-5-15(7-12)11(16)8-2-3-9(13)10(14)6-8/h2-3,6,17H,4-5,7,14H2,1H3. The predicted molar refractivity (Wildman–Crippen MR) is 69.7 cm³/mol. The van der Waals surface area contributed by atoms with Crippen molar-refractivity contribution in [3.05, 3.63) is 28.2 Å². The number of nitrogen functional groups attached to an aromatic ring is 1. The summed E-state index contributed by atoms with van der Waals surface area (Å²) in [6.45, 7) is 2.71. The summed E-state index contributed by atoms with van der Waals surface area (Å²) in [5.41, 5.74) is 6.08. The Morgan fingerprint density at radius 2 is 2.29 bits per heavy atom. The Morgan fingerprint density at radius 1 is 1.59 bits per heavy atom. The lowest BCUT2D eigenvalue weighted by molar-refractivity contribution is 0.0572. The van der Waals surface area contributed by atoms with Gasteiger partial charge in [0, 0.05) is 28.8 Å². The van der Waals surface area contributed by atoms with Crippen molar-refractivity contribution >= 4 is 27.5 Å². The number of likely N-dealkylation sites (tertiary alicyclic amines) is 1. The van der Waals surface area contributed by atoms with Gasteiger partial charge in [0.2, 0.25) is 0 Å². The van der Waals surface area contributed by atoms with Crippen LogP contribution in [0, 0.1) is 0 Å². The molecule has 5 heteroatoms. The molecule has 1 aromatic carbocycles. The van der Waals surface area contributed by atoms with Crippen LogP contribution < -0.4 is 5.73 Å². The second-order valence-electron chi connectivity index (χ2n) is 4.71. The summed E-state index contributed by atoms with van der Waals surface area (Å²) in [6, 6.07) is 5.14. The Morgan fingerprint density at radius 3 is 2.82 bits per heavy atom. The first-order valence-corrected chi connectivity index (χ1v) is 6.25. The van der Waals surface area contributed by atoms with E-state index in [2.05, 4.69) is 15.9 Å². The van der Waals surface area contributed by atoms with Crippen LogP contribution in [0.15, 0.2) is 22.7 Å². The minimum Gasteiger partial charge on any atom is -0.398 e. The molecule has 92 valence electrons. The molecule has 1 unspecified atom stereocenters. The minimum atomic E-state index is -0.767. The van der Waals surface area contributed by atoms with Crippen LogP contribution in [0.3, 0.4) is 0 Å². The molecular formula is C12H15BrN2O2. The van der Waals surface area contributed by atoms with Crippen LogP contribution in [0.25, 0.3) is 0 Å². The van der Waals surface area contributed by atoms with Crippen molar-refractivity contribution in [3.63, 3.8) is 0 Å². The topological polar surface area (TPSA) is 66.6 Å². The van der Waals surface area contributed by atoms with Crippen molar-refractivity contribution in [3.8, 4) is 0 Å². The molecule has 4 nitrogen and oxygen atoms in total. The summed E-state index contributed by atoms with van der Waals surface area (Å²) >= 11 is 3.29. The zero-order valence-corrected chi connectivity index (χ0v) is 11.2. The monoisotopic (exact) mass is 298 g/mol.